The van der Waals surface area contributed by atoms with Crippen molar-refractivity contribution in [3.05, 3.63) is 29.8 Å². The fourth-order valence-electron chi connectivity index (χ4n) is 0.977. The van der Waals surface area contributed by atoms with E-state index in [1.165, 1.54) is 24.3 Å². The molecule has 0 spiro atoms. The Bertz CT molecular complexity index is 368. The first-order chi connectivity index (χ1) is 7.63. The van der Waals surface area contributed by atoms with Crippen molar-refractivity contribution in [2.24, 2.45) is 0 Å². The Morgan fingerprint density at radius 3 is 2.38 bits per heavy atom. The molecule has 0 atom stereocenters. The first-order valence-corrected chi connectivity index (χ1v) is 4.81. The van der Waals surface area contributed by atoms with Crippen LogP contribution in [0.25, 0.3) is 0 Å². The van der Waals surface area contributed by atoms with Gasteiger partial charge < -0.3 is 14.6 Å². The van der Waals surface area contributed by atoms with Crippen LogP contribution in [0.5, 0.6) is 5.75 Å². The quantitative estimate of drug-likeness (QED) is 0.627. The Labute approximate surface area is 92.6 Å². The lowest BCUT2D eigenvalue weighted by molar-refractivity contribution is 0.0697. The molecule has 0 radical (unpaired) electrons. The van der Waals surface area contributed by atoms with Crippen LogP contribution >= 0.6 is 0 Å². The zero-order valence-electron chi connectivity index (χ0n) is 8.80. The van der Waals surface area contributed by atoms with Gasteiger partial charge >= 0.3 is 12.1 Å². The van der Waals surface area contributed by atoms with E-state index in [0.29, 0.717) is 13.0 Å². The van der Waals surface area contributed by atoms with E-state index in [0.717, 1.165) is 0 Å². The van der Waals surface area contributed by atoms with E-state index in [1.807, 2.05) is 6.92 Å². The summed E-state index contributed by atoms with van der Waals surface area (Å²) in [5, 5.41) is 8.64. The van der Waals surface area contributed by atoms with E-state index in [1.54, 1.807) is 0 Å². The van der Waals surface area contributed by atoms with Gasteiger partial charge in [0.15, 0.2) is 0 Å². The topological polar surface area (TPSA) is 72.8 Å². The average molecular weight is 224 g/mol. The minimum Gasteiger partial charge on any atom is -0.478 e. The number of hydrogen-bond donors (Lipinski definition) is 1. The molecule has 1 aromatic rings. The van der Waals surface area contributed by atoms with E-state index in [9.17, 15) is 9.59 Å². The van der Waals surface area contributed by atoms with Crippen molar-refractivity contribution in [2.75, 3.05) is 6.61 Å². The molecule has 1 rings (SSSR count). The van der Waals surface area contributed by atoms with Crippen LogP contribution in [0, 0.1) is 0 Å². The lowest BCUT2D eigenvalue weighted by Crippen LogP contribution is -2.11. The number of carboxylic acid groups (broad SMARTS) is 1. The van der Waals surface area contributed by atoms with Crippen LogP contribution in [-0.4, -0.2) is 23.8 Å². The molecule has 0 aromatic heterocycles. The smallest absolute Gasteiger partial charge is 0.478 e. The summed E-state index contributed by atoms with van der Waals surface area (Å²) in [6.07, 6.45) is -0.0718. The van der Waals surface area contributed by atoms with Gasteiger partial charge in [0, 0.05) is 0 Å². The maximum Gasteiger partial charge on any atom is 0.513 e. The molecule has 5 nitrogen and oxygen atoms in total. The number of hydrogen-bond acceptors (Lipinski definition) is 4. The average Bonchev–Trinajstić information content (AvgIpc) is 2.27. The number of ether oxygens (including phenoxy) is 2. The monoisotopic (exact) mass is 224 g/mol. The van der Waals surface area contributed by atoms with Crippen molar-refractivity contribution in [2.45, 2.75) is 13.3 Å². The number of rotatable bonds is 4. The third-order valence-corrected chi connectivity index (χ3v) is 1.73. The summed E-state index contributed by atoms with van der Waals surface area (Å²) in [5.41, 5.74) is 0.134. The molecular formula is C11H12O5. The van der Waals surface area contributed by atoms with Crippen molar-refractivity contribution in [3.63, 3.8) is 0 Å². The Balaban J connectivity index is 2.55. The fraction of sp³-hybridized carbons (Fsp3) is 0.273. The summed E-state index contributed by atoms with van der Waals surface area (Å²) in [5.74, 6) is -0.772. The SMILES string of the molecule is CCCOC(=O)Oc1ccc(C(=O)O)cc1. The highest BCUT2D eigenvalue weighted by Gasteiger charge is 2.06. The van der Waals surface area contributed by atoms with Crippen LogP contribution in [0.4, 0.5) is 4.79 Å². The highest BCUT2D eigenvalue weighted by atomic mass is 16.7. The van der Waals surface area contributed by atoms with Crippen LogP contribution < -0.4 is 4.74 Å². The van der Waals surface area contributed by atoms with Crippen LogP contribution in [0.1, 0.15) is 23.7 Å². The largest absolute Gasteiger partial charge is 0.513 e. The van der Waals surface area contributed by atoms with E-state index < -0.39 is 12.1 Å². The van der Waals surface area contributed by atoms with Crippen LogP contribution in [0.2, 0.25) is 0 Å². The molecule has 0 bridgehead atoms. The summed E-state index contributed by atoms with van der Waals surface area (Å²) in [7, 11) is 0. The third kappa shape index (κ3) is 3.61. The van der Waals surface area contributed by atoms with E-state index in [-0.39, 0.29) is 11.3 Å². The maximum atomic E-state index is 11.0. The molecule has 0 aliphatic rings. The lowest BCUT2D eigenvalue weighted by Gasteiger charge is -2.04. The van der Waals surface area contributed by atoms with Gasteiger partial charge in [0.1, 0.15) is 5.75 Å². The van der Waals surface area contributed by atoms with Crippen molar-refractivity contribution < 1.29 is 24.2 Å². The highest BCUT2D eigenvalue weighted by Crippen LogP contribution is 2.12. The summed E-state index contributed by atoms with van der Waals surface area (Å²) in [6.45, 7) is 2.17. The Hall–Kier alpha value is -2.04. The van der Waals surface area contributed by atoms with Crippen molar-refractivity contribution in [3.8, 4) is 5.75 Å². The zero-order chi connectivity index (χ0) is 12.0. The van der Waals surface area contributed by atoms with Gasteiger partial charge in [-0.05, 0) is 30.7 Å². The van der Waals surface area contributed by atoms with Crippen molar-refractivity contribution in [1.29, 1.82) is 0 Å². The summed E-state index contributed by atoms with van der Waals surface area (Å²) >= 11 is 0. The molecule has 1 aromatic carbocycles. The third-order valence-electron chi connectivity index (χ3n) is 1.73. The van der Waals surface area contributed by atoms with Gasteiger partial charge in [-0.1, -0.05) is 6.92 Å². The molecule has 0 unspecified atom stereocenters. The van der Waals surface area contributed by atoms with Crippen LogP contribution in [0.15, 0.2) is 24.3 Å². The molecule has 0 saturated heterocycles. The number of carbonyl (C=O) groups is 2. The van der Waals surface area contributed by atoms with Gasteiger partial charge in [0.05, 0.1) is 12.2 Å². The molecule has 0 heterocycles. The van der Waals surface area contributed by atoms with Gasteiger partial charge in [-0.3, -0.25) is 0 Å². The first-order valence-electron chi connectivity index (χ1n) is 4.81. The molecule has 0 saturated carbocycles. The van der Waals surface area contributed by atoms with Crippen molar-refractivity contribution in [1.82, 2.24) is 0 Å². The van der Waals surface area contributed by atoms with E-state index in [4.69, 9.17) is 14.6 Å². The Morgan fingerprint density at radius 1 is 1.25 bits per heavy atom. The maximum absolute atomic E-state index is 11.0. The van der Waals surface area contributed by atoms with Crippen molar-refractivity contribution >= 4 is 12.1 Å². The van der Waals surface area contributed by atoms with Crippen LogP contribution in [0.3, 0.4) is 0 Å². The molecule has 86 valence electrons. The standard InChI is InChI=1S/C11H12O5/c1-2-7-15-11(14)16-9-5-3-8(4-6-9)10(12)13/h3-6H,2,7H2,1H3,(H,12,13). The normalized spacial score (nSPS) is 9.56. The summed E-state index contributed by atoms with van der Waals surface area (Å²) in [6, 6.07) is 5.50. The number of benzene rings is 1. The van der Waals surface area contributed by atoms with Gasteiger partial charge in [0.25, 0.3) is 0 Å². The second kappa shape index (κ2) is 5.75. The molecule has 0 fully saturated rings. The molecule has 0 aliphatic heterocycles. The summed E-state index contributed by atoms with van der Waals surface area (Å²) < 4.78 is 9.49. The highest BCUT2D eigenvalue weighted by molar-refractivity contribution is 5.87. The Kier molecular flexibility index (Phi) is 4.32. The van der Waals surface area contributed by atoms with Gasteiger partial charge in [0.2, 0.25) is 0 Å². The first kappa shape index (κ1) is 12.0. The predicted molar refractivity (Wildman–Crippen MR) is 55.7 cm³/mol. The second-order valence-corrected chi connectivity index (χ2v) is 3.03. The van der Waals surface area contributed by atoms with Gasteiger partial charge in [-0.15, -0.1) is 0 Å². The lowest BCUT2D eigenvalue weighted by atomic mass is 10.2. The molecule has 16 heavy (non-hydrogen) atoms. The molecule has 0 amide bonds. The summed E-state index contributed by atoms with van der Waals surface area (Å²) in [4.78, 5) is 21.6. The second-order valence-electron chi connectivity index (χ2n) is 3.03. The Morgan fingerprint density at radius 2 is 1.88 bits per heavy atom. The minimum atomic E-state index is -1.03. The predicted octanol–water partition coefficient (Wildman–Crippen LogP) is 2.31. The molecule has 5 heteroatoms. The number of carbonyl (C=O) groups excluding carboxylic acids is 1. The van der Waals surface area contributed by atoms with Crippen LogP contribution in [-0.2, 0) is 4.74 Å². The fourth-order valence-corrected chi connectivity index (χ4v) is 0.977. The van der Waals surface area contributed by atoms with E-state index in [2.05, 4.69) is 0 Å². The van der Waals surface area contributed by atoms with E-state index >= 15 is 0 Å². The van der Waals surface area contributed by atoms with Gasteiger partial charge in [-0.2, -0.15) is 0 Å². The molecular weight excluding hydrogens is 212 g/mol. The zero-order valence-corrected chi connectivity index (χ0v) is 8.80. The molecule has 0 aliphatic carbocycles. The number of carboxylic acids is 1. The molecule has 1 N–H and O–H groups in total. The van der Waals surface area contributed by atoms with Gasteiger partial charge in [-0.25, -0.2) is 9.59 Å². The number of aromatic carboxylic acids is 1. The minimum absolute atomic E-state index is 0.134.